The first kappa shape index (κ1) is 19.8. The number of rotatable bonds is 4. The van der Waals surface area contributed by atoms with Gasteiger partial charge in [-0.3, -0.25) is 4.79 Å². The van der Waals surface area contributed by atoms with E-state index in [0.29, 0.717) is 0 Å². The first-order chi connectivity index (χ1) is 13.7. The average molecular weight is 405 g/mol. The van der Waals surface area contributed by atoms with Gasteiger partial charge in [0, 0.05) is 18.2 Å². The summed E-state index contributed by atoms with van der Waals surface area (Å²) in [6, 6.07) is 6.44. The molecule has 0 unspecified atom stereocenters. The molecule has 0 bridgehead atoms. The summed E-state index contributed by atoms with van der Waals surface area (Å²) in [4.78, 5) is 23.1. The van der Waals surface area contributed by atoms with Crippen molar-refractivity contribution in [3.05, 3.63) is 42.0 Å². The van der Waals surface area contributed by atoms with Gasteiger partial charge in [0.15, 0.2) is 5.82 Å². The first-order valence-corrected chi connectivity index (χ1v) is 8.09. The van der Waals surface area contributed by atoms with Crippen molar-refractivity contribution in [3.8, 4) is 22.5 Å². The van der Waals surface area contributed by atoms with Crippen LogP contribution in [-0.2, 0) is 11.0 Å². The first-order valence-electron chi connectivity index (χ1n) is 8.09. The Morgan fingerprint density at radius 2 is 1.76 bits per heavy atom. The van der Waals surface area contributed by atoms with Gasteiger partial charge in [-0.1, -0.05) is 12.1 Å². The zero-order valence-electron chi connectivity index (χ0n) is 14.8. The summed E-state index contributed by atoms with van der Waals surface area (Å²) < 4.78 is 39.7. The molecule has 0 saturated heterocycles. The van der Waals surface area contributed by atoms with Gasteiger partial charge in [-0.15, -0.1) is 5.10 Å². The fraction of sp³-hybridized carbons (Fsp3) is 0.118. The zero-order valence-corrected chi connectivity index (χ0v) is 14.8. The Kier molecular flexibility index (Phi) is 5.17. The number of tetrazole rings is 1. The number of aromatic nitrogens is 4. The van der Waals surface area contributed by atoms with Crippen molar-refractivity contribution in [3.63, 3.8) is 0 Å². The Hall–Kier alpha value is -3.96. The number of carbonyl (C=O) groups is 2. The van der Waals surface area contributed by atoms with Gasteiger partial charge >= 0.3 is 12.2 Å². The SMILES string of the molecule is CC(=O)Nc1ccc(NC(N)=O)c(-c2nnn[nH]2)c1-c1cccc(C(F)(F)F)c1. The number of benzene rings is 2. The predicted octanol–water partition coefficient (Wildman–Crippen LogP) is 3.00. The van der Waals surface area contributed by atoms with Gasteiger partial charge in [-0.05, 0) is 40.3 Å². The van der Waals surface area contributed by atoms with Crippen LogP contribution in [0.3, 0.4) is 0 Å². The van der Waals surface area contributed by atoms with Gasteiger partial charge < -0.3 is 16.4 Å². The molecule has 0 atom stereocenters. The second-order valence-corrected chi connectivity index (χ2v) is 5.91. The summed E-state index contributed by atoms with van der Waals surface area (Å²) in [6.45, 7) is 1.25. The Morgan fingerprint density at radius 1 is 1.07 bits per heavy atom. The van der Waals surface area contributed by atoms with Gasteiger partial charge in [0.25, 0.3) is 0 Å². The lowest BCUT2D eigenvalue weighted by molar-refractivity contribution is -0.137. The van der Waals surface area contributed by atoms with Crippen LogP contribution in [0.1, 0.15) is 12.5 Å². The number of primary amides is 1. The molecule has 9 nitrogen and oxygen atoms in total. The van der Waals surface area contributed by atoms with Crippen molar-refractivity contribution >= 4 is 23.3 Å². The Balaban J connectivity index is 2.35. The second-order valence-electron chi connectivity index (χ2n) is 5.91. The maximum Gasteiger partial charge on any atom is 0.416 e. The smallest absolute Gasteiger partial charge is 0.351 e. The number of aromatic amines is 1. The van der Waals surface area contributed by atoms with Crippen molar-refractivity contribution in [2.75, 3.05) is 10.6 Å². The lowest BCUT2D eigenvalue weighted by Gasteiger charge is -2.18. The number of alkyl halides is 3. The number of H-pyrrole nitrogens is 1. The van der Waals surface area contributed by atoms with Crippen LogP contribution >= 0.6 is 0 Å². The molecule has 3 rings (SSSR count). The number of nitrogens with one attached hydrogen (secondary N) is 3. The molecule has 2 aromatic carbocycles. The Bertz CT molecular complexity index is 1070. The summed E-state index contributed by atoms with van der Waals surface area (Å²) >= 11 is 0. The number of amides is 3. The number of urea groups is 1. The Morgan fingerprint density at radius 3 is 2.31 bits per heavy atom. The average Bonchev–Trinajstić information content (AvgIpc) is 3.15. The summed E-state index contributed by atoms with van der Waals surface area (Å²) in [5.41, 5.74) is 5.07. The van der Waals surface area contributed by atoms with Crippen LogP contribution in [0.5, 0.6) is 0 Å². The maximum absolute atomic E-state index is 13.2. The van der Waals surface area contributed by atoms with Crippen molar-refractivity contribution < 1.29 is 22.8 Å². The largest absolute Gasteiger partial charge is 0.416 e. The molecule has 0 saturated carbocycles. The van der Waals surface area contributed by atoms with E-state index in [1.165, 1.54) is 31.2 Å². The number of nitrogens with two attached hydrogens (primary N) is 1. The van der Waals surface area contributed by atoms with Crippen LogP contribution in [0.25, 0.3) is 22.5 Å². The molecule has 0 radical (unpaired) electrons. The molecule has 1 aromatic heterocycles. The van der Waals surface area contributed by atoms with Crippen LogP contribution in [-0.4, -0.2) is 32.6 Å². The molecule has 29 heavy (non-hydrogen) atoms. The topological polar surface area (TPSA) is 139 Å². The van der Waals surface area contributed by atoms with E-state index in [0.717, 1.165) is 12.1 Å². The van der Waals surface area contributed by atoms with Gasteiger partial charge in [-0.25, -0.2) is 9.89 Å². The molecular weight excluding hydrogens is 391 g/mol. The van der Waals surface area contributed by atoms with E-state index in [2.05, 4.69) is 31.3 Å². The fourth-order valence-electron chi connectivity index (χ4n) is 2.80. The predicted molar refractivity (Wildman–Crippen MR) is 97.6 cm³/mol. The standard InChI is InChI=1S/C17H14F3N7O2/c1-8(28)22-11-5-6-12(23-16(21)29)14(15-24-26-27-25-15)13(11)9-3-2-4-10(7-9)17(18,19)20/h2-7H,1H3,(H,22,28)(H3,21,23,29)(H,24,25,26,27). The lowest BCUT2D eigenvalue weighted by atomic mass is 9.94. The molecule has 0 fully saturated rings. The van der Waals surface area contributed by atoms with E-state index in [-0.39, 0.29) is 33.9 Å². The van der Waals surface area contributed by atoms with Crippen LogP contribution in [0, 0.1) is 0 Å². The zero-order chi connectivity index (χ0) is 21.2. The molecule has 1 heterocycles. The van der Waals surface area contributed by atoms with E-state index in [1.54, 1.807) is 0 Å². The minimum atomic E-state index is -4.58. The monoisotopic (exact) mass is 405 g/mol. The minimum absolute atomic E-state index is 0.0494. The number of hydrogen-bond acceptors (Lipinski definition) is 5. The normalized spacial score (nSPS) is 11.2. The fourth-order valence-corrected chi connectivity index (χ4v) is 2.80. The molecule has 3 amide bonds. The van der Waals surface area contributed by atoms with Crippen LogP contribution in [0.4, 0.5) is 29.3 Å². The molecule has 0 spiro atoms. The minimum Gasteiger partial charge on any atom is -0.351 e. The third-order valence-corrected chi connectivity index (χ3v) is 3.83. The quantitative estimate of drug-likeness (QED) is 0.528. The highest BCUT2D eigenvalue weighted by Gasteiger charge is 2.31. The Labute approximate surface area is 161 Å². The van der Waals surface area contributed by atoms with Gasteiger partial charge in [-0.2, -0.15) is 13.2 Å². The van der Waals surface area contributed by atoms with Crippen molar-refractivity contribution in [2.24, 2.45) is 5.73 Å². The molecule has 150 valence electrons. The highest BCUT2D eigenvalue weighted by Crippen LogP contribution is 2.43. The van der Waals surface area contributed by atoms with E-state index >= 15 is 0 Å². The molecule has 0 aliphatic heterocycles. The van der Waals surface area contributed by atoms with Crippen LogP contribution < -0.4 is 16.4 Å². The summed E-state index contributed by atoms with van der Waals surface area (Å²) in [7, 11) is 0. The van der Waals surface area contributed by atoms with Gasteiger partial charge in [0.05, 0.1) is 16.8 Å². The van der Waals surface area contributed by atoms with Crippen LogP contribution in [0.15, 0.2) is 36.4 Å². The summed E-state index contributed by atoms with van der Waals surface area (Å²) in [6.07, 6.45) is -4.58. The second kappa shape index (κ2) is 7.58. The molecule has 0 aliphatic rings. The molecule has 5 N–H and O–H groups in total. The van der Waals surface area contributed by atoms with Gasteiger partial charge in [0.2, 0.25) is 5.91 Å². The van der Waals surface area contributed by atoms with Crippen molar-refractivity contribution in [1.82, 2.24) is 20.6 Å². The third kappa shape index (κ3) is 4.31. The third-order valence-electron chi connectivity index (χ3n) is 3.83. The number of nitrogens with zero attached hydrogens (tertiary/aromatic N) is 3. The summed E-state index contributed by atoms with van der Waals surface area (Å²) in [5, 5.41) is 18.2. The maximum atomic E-state index is 13.2. The van der Waals surface area contributed by atoms with E-state index < -0.39 is 23.7 Å². The number of hydrogen-bond donors (Lipinski definition) is 4. The number of anilines is 2. The molecule has 12 heteroatoms. The van der Waals surface area contributed by atoms with E-state index in [9.17, 15) is 22.8 Å². The molecule has 3 aromatic rings. The van der Waals surface area contributed by atoms with Crippen molar-refractivity contribution in [2.45, 2.75) is 13.1 Å². The molecular formula is C17H14F3N7O2. The number of carbonyl (C=O) groups excluding carboxylic acids is 2. The lowest BCUT2D eigenvalue weighted by Crippen LogP contribution is -2.20. The van der Waals surface area contributed by atoms with E-state index in [4.69, 9.17) is 5.73 Å². The van der Waals surface area contributed by atoms with Crippen molar-refractivity contribution in [1.29, 1.82) is 0 Å². The van der Waals surface area contributed by atoms with E-state index in [1.807, 2.05) is 0 Å². The van der Waals surface area contributed by atoms with Gasteiger partial charge in [0.1, 0.15) is 0 Å². The number of halogens is 3. The summed E-state index contributed by atoms with van der Waals surface area (Å²) in [5.74, 6) is -0.399. The highest BCUT2D eigenvalue weighted by molar-refractivity contribution is 6.04. The van der Waals surface area contributed by atoms with Crippen LogP contribution in [0.2, 0.25) is 0 Å². The highest BCUT2D eigenvalue weighted by atomic mass is 19.4. The molecule has 0 aliphatic carbocycles.